The van der Waals surface area contributed by atoms with Gasteiger partial charge in [-0.2, -0.15) is 5.10 Å². The molecule has 1 aromatic heterocycles. The van der Waals surface area contributed by atoms with Crippen LogP contribution in [0.15, 0.2) is 35.6 Å². The number of hydrogen-bond acceptors (Lipinski definition) is 3. The summed E-state index contributed by atoms with van der Waals surface area (Å²) < 4.78 is 7.84. The Bertz CT molecular complexity index is 753. The second kappa shape index (κ2) is 9.96. The number of likely N-dealkylation sites (tertiary alicyclic amines) is 1. The number of guanidine groups is 1. The normalized spacial score (nSPS) is 17.0. The third-order valence-corrected chi connectivity index (χ3v) is 4.94. The van der Waals surface area contributed by atoms with Gasteiger partial charge in [-0.25, -0.2) is 0 Å². The van der Waals surface area contributed by atoms with Crippen LogP contribution in [0.25, 0.3) is 0 Å². The number of rotatable bonds is 5. The molecule has 0 aliphatic carbocycles. The average molecular weight is 483 g/mol. The van der Waals surface area contributed by atoms with Crippen LogP contribution in [0.1, 0.15) is 29.0 Å². The van der Waals surface area contributed by atoms with E-state index in [1.165, 1.54) is 16.7 Å². The highest BCUT2D eigenvalue weighted by atomic mass is 127. The zero-order valence-corrected chi connectivity index (χ0v) is 18.9. The van der Waals surface area contributed by atoms with Crippen LogP contribution in [0.3, 0.4) is 0 Å². The number of ether oxygens (including phenoxy) is 1. The molecule has 7 heteroatoms. The van der Waals surface area contributed by atoms with Crippen molar-refractivity contribution in [2.75, 3.05) is 33.3 Å². The van der Waals surface area contributed by atoms with Crippen molar-refractivity contribution < 1.29 is 4.74 Å². The van der Waals surface area contributed by atoms with Gasteiger partial charge in [-0.15, -0.1) is 24.0 Å². The Morgan fingerprint density at radius 2 is 2.07 bits per heavy atom. The third-order valence-electron chi connectivity index (χ3n) is 4.94. The summed E-state index contributed by atoms with van der Waals surface area (Å²) in [6, 6.07) is 6.22. The Morgan fingerprint density at radius 1 is 1.33 bits per heavy atom. The van der Waals surface area contributed by atoms with E-state index < -0.39 is 0 Å². The topological polar surface area (TPSA) is 54.7 Å². The fourth-order valence-corrected chi connectivity index (χ4v) is 3.55. The van der Waals surface area contributed by atoms with E-state index in [1.54, 1.807) is 0 Å². The summed E-state index contributed by atoms with van der Waals surface area (Å²) in [7, 11) is 3.80. The molecule has 1 unspecified atom stereocenters. The first-order valence-corrected chi connectivity index (χ1v) is 9.21. The molecule has 2 aromatic rings. The van der Waals surface area contributed by atoms with Crippen molar-refractivity contribution in [1.82, 2.24) is 20.0 Å². The van der Waals surface area contributed by atoms with Gasteiger partial charge < -0.3 is 15.0 Å². The lowest BCUT2D eigenvalue weighted by Gasteiger charge is -2.22. The van der Waals surface area contributed by atoms with Gasteiger partial charge in [-0.1, -0.05) is 18.2 Å². The fraction of sp³-hybridized carbons (Fsp3) is 0.500. The molecule has 3 rings (SSSR count). The number of aryl methyl sites for hydroxylation is 3. The van der Waals surface area contributed by atoms with Crippen LogP contribution in [-0.4, -0.2) is 53.9 Å². The number of nitrogens with one attached hydrogen (secondary N) is 1. The monoisotopic (exact) mass is 483 g/mol. The Kier molecular flexibility index (Phi) is 7.94. The molecule has 0 radical (unpaired) electrons. The number of aliphatic imine (C=N–C) groups is 1. The van der Waals surface area contributed by atoms with Crippen molar-refractivity contribution in [3.63, 3.8) is 0 Å². The summed E-state index contributed by atoms with van der Waals surface area (Å²) in [5.41, 5.74) is 3.66. The lowest BCUT2D eigenvalue weighted by molar-refractivity contribution is 0.315. The van der Waals surface area contributed by atoms with Crippen LogP contribution in [0.2, 0.25) is 0 Å². The van der Waals surface area contributed by atoms with Crippen molar-refractivity contribution in [3.8, 4) is 5.75 Å². The summed E-state index contributed by atoms with van der Waals surface area (Å²) in [4.78, 5) is 6.75. The van der Waals surface area contributed by atoms with Crippen LogP contribution in [0, 0.1) is 13.8 Å². The number of nitrogens with zero attached hydrogens (tertiary/aromatic N) is 4. The zero-order chi connectivity index (χ0) is 18.5. The second-order valence-corrected chi connectivity index (χ2v) is 6.92. The highest BCUT2D eigenvalue weighted by Crippen LogP contribution is 2.26. The molecule has 1 fully saturated rings. The van der Waals surface area contributed by atoms with Crippen molar-refractivity contribution in [3.05, 3.63) is 47.3 Å². The van der Waals surface area contributed by atoms with E-state index in [0.717, 1.165) is 37.8 Å². The lowest BCUT2D eigenvalue weighted by atomic mass is 10.0. The van der Waals surface area contributed by atoms with E-state index >= 15 is 0 Å². The molecule has 1 aliphatic heterocycles. The maximum Gasteiger partial charge on any atom is 0.193 e. The highest BCUT2D eigenvalue weighted by Gasteiger charge is 2.26. The van der Waals surface area contributed by atoms with Gasteiger partial charge in [0.1, 0.15) is 12.4 Å². The van der Waals surface area contributed by atoms with E-state index in [1.807, 2.05) is 25.0 Å². The third kappa shape index (κ3) is 5.37. The molecule has 2 heterocycles. The molecule has 0 spiro atoms. The Hall–Kier alpha value is -1.77. The minimum atomic E-state index is 0. The average Bonchev–Trinajstić information content (AvgIpc) is 3.26. The van der Waals surface area contributed by atoms with Gasteiger partial charge in [0.2, 0.25) is 0 Å². The van der Waals surface area contributed by atoms with Gasteiger partial charge >= 0.3 is 0 Å². The molecule has 1 atom stereocenters. The van der Waals surface area contributed by atoms with Gasteiger partial charge in [0.25, 0.3) is 0 Å². The van der Waals surface area contributed by atoms with Crippen LogP contribution >= 0.6 is 24.0 Å². The molecule has 6 nitrogen and oxygen atoms in total. The molecule has 0 amide bonds. The molecule has 0 bridgehead atoms. The molecule has 1 aromatic carbocycles. The quantitative estimate of drug-likeness (QED) is 0.308. The van der Waals surface area contributed by atoms with E-state index in [4.69, 9.17) is 4.74 Å². The molecular weight excluding hydrogens is 453 g/mol. The SMILES string of the molecule is CN=C(NCCOc1c(C)cccc1C)N1CCC(c2cnn(C)c2)C1.I. The predicted octanol–water partition coefficient (Wildman–Crippen LogP) is 3.10. The summed E-state index contributed by atoms with van der Waals surface area (Å²) in [5, 5.41) is 7.72. The summed E-state index contributed by atoms with van der Waals surface area (Å²) in [5.74, 6) is 2.46. The second-order valence-electron chi connectivity index (χ2n) is 6.92. The summed E-state index contributed by atoms with van der Waals surface area (Å²) >= 11 is 0. The van der Waals surface area contributed by atoms with Gasteiger partial charge in [-0.05, 0) is 37.0 Å². The molecule has 1 saturated heterocycles. The standard InChI is InChI=1S/C20H29N5O.HI/c1-15-6-5-7-16(2)19(15)26-11-9-22-20(21-3)25-10-8-17(14-25)18-12-23-24(4)13-18;/h5-7,12-13,17H,8-11,14H2,1-4H3,(H,21,22);1H. The molecule has 27 heavy (non-hydrogen) atoms. The van der Waals surface area contributed by atoms with Crippen LogP contribution in [0.4, 0.5) is 0 Å². The zero-order valence-electron chi connectivity index (χ0n) is 16.6. The first-order chi connectivity index (χ1) is 12.6. The van der Waals surface area contributed by atoms with Crippen LogP contribution in [0.5, 0.6) is 5.75 Å². The Balaban J connectivity index is 0.00000261. The molecule has 1 aliphatic rings. The number of benzene rings is 1. The Labute approximate surface area is 179 Å². The van der Waals surface area contributed by atoms with Gasteiger partial charge in [-0.3, -0.25) is 9.67 Å². The summed E-state index contributed by atoms with van der Waals surface area (Å²) in [6.07, 6.45) is 5.22. The Morgan fingerprint density at radius 3 is 2.70 bits per heavy atom. The molecule has 0 saturated carbocycles. The number of aromatic nitrogens is 2. The summed E-state index contributed by atoms with van der Waals surface area (Å²) in [6.45, 7) is 7.49. The number of para-hydroxylation sites is 1. The maximum absolute atomic E-state index is 5.97. The van der Waals surface area contributed by atoms with E-state index in [2.05, 4.69) is 58.6 Å². The number of hydrogen-bond donors (Lipinski definition) is 1. The van der Waals surface area contributed by atoms with Gasteiger partial charge in [0.05, 0.1) is 12.7 Å². The largest absolute Gasteiger partial charge is 0.491 e. The molecule has 1 N–H and O–H groups in total. The highest BCUT2D eigenvalue weighted by molar-refractivity contribution is 14.0. The van der Waals surface area contributed by atoms with Gasteiger partial charge in [0, 0.05) is 39.3 Å². The fourth-order valence-electron chi connectivity index (χ4n) is 3.55. The van der Waals surface area contributed by atoms with Gasteiger partial charge in [0.15, 0.2) is 5.96 Å². The van der Waals surface area contributed by atoms with E-state index in [9.17, 15) is 0 Å². The first kappa shape index (κ1) is 21.5. The predicted molar refractivity (Wildman–Crippen MR) is 120 cm³/mol. The van der Waals surface area contributed by atoms with Crippen molar-refractivity contribution in [2.24, 2.45) is 12.0 Å². The minimum Gasteiger partial charge on any atom is -0.491 e. The van der Waals surface area contributed by atoms with Crippen molar-refractivity contribution in [2.45, 2.75) is 26.2 Å². The van der Waals surface area contributed by atoms with Crippen LogP contribution in [-0.2, 0) is 7.05 Å². The minimum absolute atomic E-state index is 0. The van der Waals surface area contributed by atoms with Crippen molar-refractivity contribution in [1.29, 1.82) is 0 Å². The first-order valence-electron chi connectivity index (χ1n) is 9.21. The van der Waals surface area contributed by atoms with E-state index in [0.29, 0.717) is 12.5 Å². The molecular formula is C20H30IN5O. The molecule has 148 valence electrons. The van der Waals surface area contributed by atoms with E-state index in [-0.39, 0.29) is 24.0 Å². The smallest absolute Gasteiger partial charge is 0.193 e. The maximum atomic E-state index is 5.97. The number of halogens is 1. The van der Waals surface area contributed by atoms with Crippen molar-refractivity contribution >= 4 is 29.9 Å². The van der Waals surface area contributed by atoms with Crippen LogP contribution < -0.4 is 10.1 Å². The lowest BCUT2D eigenvalue weighted by Crippen LogP contribution is -2.41.